The summed E-state index contributed by atoms with van der Waals surface area (Å²) in [5, 5.41) is 4.73. The first-order valence-corrected chi connectivity index (χ1v) is 9.90. The molecule has 0 bridgehead atoms. The van der Waals surface area contributed by atoms with Gasteiger partial charge in [-0.1, -0.05) is 18.2 Å². The second-order valence-corrected chi connectivity index (χ2v) is 7.12. The van der Waals surface area contributed by atoms with E-state index in [0.717, 1.165) is 22.5 Å². The van der Waals surface area contributed by atoms with Crippen molar-refractivity contribution in [2.45, 2.75) is 6.92 Å². The number of para-hydroxylation sites is 1. The molecule has 2 amide bonds. The lowest BCUT2D eigenvalue weighted by Crippen LogP contribution is -2.49. The molecule has 7 nitrogen and oxygen atoms in total. The van der Waals surface area contributed by atoms with Gasteiger partial charge in [0.15, 0.2) is 0 Å². The summed E-state index contributed by atoms with van der Waals surface area (Å²) in [6.45, 7) is 3.79. The van der Waals surface area contributed by atoms with Gasteiger partial charge in [0.05, 0.1) is 5.69 Å². The van der Waals surface area contributed by atoms with Crippen molar-refractivity contribution in [1.82, 2.24) is 24.6 Å². The number of nitrogens with zero attached hydrogens (tertiary/aromatic N) is 5. The molecule has 0 saturated carbocycles. The van der Waals surface area contributed by atoms with E-state index in [2.05, 4.69) is 4.98 Å². The van der Waals surface area contributed by atoms with Gasteiger partial charge < -0.3 is 9.80 Å². The Morgan fingerprint density at radius 2 is 1.70 bits per heavy atom. The molecule has 0 atom stereocenters. The molecule has 7 heteroatoms. The third-order valence-electron chi connectivity index (χ3n) is 5.14. The van der Waals surface area contributed by atoms with Crippen molar-refractivity contribution in [3.8, 4) is 16.9 Å². The van der Waals surface area contributed by atoms with Gasteiger partial charge in [-0.2, -0.15) is 5.10 Å². The predicted molar refractivity (Wildman–Crippen MR) is 115 cm³/mol. The Kier molecular flexibility index (Phi) is 5.70. The van der Waals surface area contributed by atoms with E-state index in [0.29, 0.717) is 26.2 Å². The summed E-state index contributed by atoms with van der Waals surface area (Å²) in [4.78, 5) is 31.9. The van der Waals surface area contributed by atoms with E-state index in [1.165, 1.54) is 0 Å². The van der Waals surface area contributed by atoms with E-state index in [-0.39, 0.29) is 11.8 Å². The van der Waals surface area contributed by atoms with E-state index in [9.17, 15) is 9.59 Å². The van der Waals surface area contributed by atoms with Crippen LogP contribution >= 0.6 is 0 Å². The number of pyridine rings is 1. The minimum atomic E-state index is -0.0669. The van der Waals surface area contributed by atoms with Gasteiger partial charge in [-0.05, 0) is 30.3 Å². The van der Waals surface area contributed by atoms with Gasteiger partial charge in [-0.3, -0.25) is 14.6 Å². The number of carbonyl (C=O) groups is 2. The number of benzene rings is 1. The van der Waals surface area contributed by atoms with Crippen molar-refractivity contribution in [3.63, 3.8) is 0 Å². The zero-order valence-electron chi connectivity index (χ0n) is 16.8. The first-order valence-electron chi connectivity index (χ1n) is 9.90. The van der Waals surface area contributed by atoms with E-state index < -0.39 is 0 Å². The van der Waals surface area contributed by atoms with Gasteiger partial charge >= 0.3 is 0 Å². The van der Waals surface area contributed by atoms with Crippen LogP contribution in [0.25, 0.3) is 23.0 Å². The fraction of sp³-hybridized carbons (Fsp3) is 0.217. The summed E-state index contributed by atoms with van der Waals surface area (Å²) in [5.41, 5.74) is 3.42. The number of rotatable bonds is 4. The van der Waals surface area contributed by atoms with Crippen LogP contribution in [-0.2, 0) is 9.59 Å². The van der Waals surface area contributed by atoms with Gasteiger partial charge in [0.1, 0.15) is 5.69 Å². The van der Waals surface area contributed by atoms with Crippen LogP contribution in [0.2, 0.25) is 0 Å². The first-order chi connectivity index (χ1) is 14.6. The van der Waals surface area contributed by atoms with E-state index in [1.807, 2.05) is 48.7 Å². The maximum absolute atomic E-state index is 12.7. The molecule has 1 saturated heterocycles. The zero-order valence-corrected chi connectivity index (χ0v) is 16.8. The third-order valence-corrected chi connectivity index (χ3v) is 5.14. The fourth-order valence-electron chi connectivity index (χ4n) is 3.46. The molecule has 3 aromatic rings. The number of carbonyl (C=O) groups excluding carboxylic acids is 2. The quantitative estimate of drug-likeness (QED) is 0.630. The van der Waals surface area contributed by atoms with Crippen molar-refractivity contribution in [2.24, 2.45) is 0 Å². The van der Waals surface area contributed by atoms with Crippen LogP contribution in [0.15, 0.2) is 67.1 Å². The molecule has 2 aromatic heterocycles. The molecular weight excluding hydrogens is 378 g/mol. The van der Waals surface area contributed by atoms with Crippen LogP contribution < -0.4 is 0 Å². The summed E-state index contributed by atoms with van der Waals surface area (Å²) >= 11 is 0. The lowest BCUT2D eigenvalue weighted by atomic mass is 10.1. The number of hydrogen-bond donors (Lipinski definition) is 0. The van der Waals surface area contributed by atoms with Crippen molar-refractivity contribution < 1.29 is 9.59 Å². The fourth-order valence-corrected chi connectivity index (χ4v) is 3.46. The van der Waals surface area contributed by atoms with Gasteiger partial charge in [-0.15, -0.1) is 0 Å². The third kappa shape index (κ3) is 4.30. The van der Waals surface area contributed by atoms with Crippen LogP contribution in [0.4, 0.5) is 0 Å². The highest BCUT2D eigenvalue weighted by Gasteiger charge is 2.21. The highest BCUT2D eigenvalue weighted by Crippen LogP contribution is 2.24. The monoisotopic (exact) mass is 401 g/mol. The number of amides is 2. The van der Waals surface area contributed by atoms with Crippen molar-refractivity contribution in [2.75, 3.05) is 26.2 Å². The van der Waals surface area contributed by atoms with E-state index in [1.54, 1.807) is 46.0 Å². The Bertz CT molecular complexity index is 1050. The largest absolute Gasteiger partial charge is 0.339 e. The second kappa shape index (κ2) is 8.73. The minimum Gasteiger partial charge on any atom is -0.339 e. The highest BCUT2D eigenvalue weighted by molar-refractivity contribution is 5.93. The Morgan fingerprint density at radius 1 is 0.967 bits per heavy atom. The maximum Gasteiger partial charge on any atom is 0.246 e. The summed E-state index contributed by atoms with van der Waals surface area (Å²) in [6, 6.07) is 13.6. The maximum atomic E-state index is 12.7. The van der Waals surface area contributed by atoms with Crippen molar-refractivity contribution >= 4 is 17.9 Å². The van der Waals surface area contributed by atoms with Crippen LogP contribution in [0.1, 0.15) is 12.5 Å². The molecule has 1 aromatic carbocycles. The van der Waals surface area contributed by atoms with Gasteiger partial charge in [0.2, 0.25) is 11.8 Å². The second-order valence-electron chi connectivity index (χ2n) is 7.12. The average Bonchev–Trinajstić information content (AvgIpc) is 3.23. The number of aromatic nitrogens is 3. The summed E-state index contributed by atoms with van der Waals surface area (Å²) in [6.07, 6.45) is 8.77. The van der Waals surface area contributed by atoms with E-state index in [4.69, 9.17) is 5.10 Å². The van der Waals surface area contributed by atoms with Crippen LogP contribution in [0.3, 0.4) is 0 Å². The van der Waals surface area contributed by atoms with Gasteiger partial charge in [-0.25, -0.2) is 4.68 Å². The van der Waals surface area contributed by atoms with E-state index >= 15 is 0 Å². The summed E-state index contributed by atoms with van der Waals surface area (Å²) < 4.78 is 1.80. The molecule has 3 heterocycles. The molecule has 1 aliphatic rings. The molecule has 1 aliphatic heterocycles. The zero-order chi connectivity index (χ0) is 20.9. The average molecular weight is 401 g/mol. The molecule has 4 rings (SSSR count). The normalized spacial score (nSPS) is 14.3. The molecule has 30 heavy (non-hydrogen) atoms. The van der Waals surface area contributed by atoms with Gasteiger partial charge in [0, 0.05) is 68.9 Å². The molecule has 152 valence electrons. The SMILES string of the molecule is CC(=O)N1CCN(C(=O)C=Cc2cn(-c3ccccc3)nc2-c2cccnc2)CC1. The van der Waals surface area contributed by atoms with Crippen LogP contribution in [0, 0.1) is 0 Å². The summed E-state index contributed by atoms with van der Waals surface area (Å²) in [5.74, 6) is -0.0186. The Labute approximate surface area is 175 Å². The minimum absolute atomic E-state index is 0.0482. The Morgan fingerprint density at radius 3 is 2.37 bits per heavy atom. The molecule has 0 unspecified atom stereocenters. The molecule has 1 fully saturated rings. The van der Waals surface area contributed by atoms with Crippen LogP contribution in [-0.4, -0.2) is 62.6 Å². The predicted octanol–water partition coefficient (Wildman–Crippen LogP) is 2.64. The molecule has 0 N–H and O–H groups in total. The van der Waals surface area contributed by atoms with Crippen LogP contribution in [0.5, 0.6) is 0 Å². The van der Waals surface area contributed by atoms with Crippen molar-refractivity contribution in [3.05, 3.63) is 72.7 Å². The lowest BCUT2D eigenvalue weighted by Gasteiger charge is -2.33. The Hall–Kier alpha value is -3.74. The molecule has 0 spiro atoms. The topological polar surface area (TPSA) is 71.3 Å². The smallest absolute Gasteiger partial charge is 0.246 e. The first kappa shape index (κ1) is 19.6. The highest BCUT2D eigenvalue weighted by atomic mass is 16.2. The molecule has 0 radical (unpaired) electrons. The van der Waals surface area contributed by atoms with Gasteiger partial charge in [0.25, 0.3) is 0 Å². The standard InChI is InChI=1S/C23H23N5O2/c1-18(29)26-12-14-27(15-13-26)22(30)10-9-20-17-28(21-7-3-2-4-8-21)25-23(20)19-6-5-11-24-16-19/h2-11,16-17H,12-15H2,1H3. The summed E-state index contributed by atoms with van der Waals surface area (Å²) in [7, 11) is 0. The Balaban J connectivity index is 1.58. The molecule has 0 aliphatic carbocycles. The number of piperazine rings is 1. The van der Waals surface area contributed by atoms with Crippen molar-refractivity contribution in [1.29, 1.82) is 0 Å². The lowest BCUT2D eigenvalue weighted by molar-refractivity contribution is -0.135. The molecular formula is C23H23N5O2. The number of hydrogen-bond acceptors (Lipinski definition) is 4.